The largest absolute Gasteiger partial charge is 0.329 e. The summed E-state index contributed by atoms with van der Waals surface area (Å²) in [6.45, 7) is 6.23. The fourth-order valence-electron chi connectivity index (χ4n) is 3.07. The van der Waals surface area contributed by atoms with Crippen molar-refractivity contribution >= 4 is 27.5 Å². The summed E-state index contributed by atoms with van der Waals surface area (Å²) in [4.78, 5) is 4.92. The Morgan fingerprint density at radius 1 is 1.45 bits per heavy atom. The first kappa shape index (κ1) is 16.2. The number of nitrogens with zero attached hydrogens (tertiary/aromatic N) is 2. The Bertz CT molecular complexity index is 455. The molecule has 2 unspecified atom stereocenters. The van der Waals surface area contributed by atoms with Gasteiger partial charge in [0.2, 0.25) is 0 Å². The van der Waals surface area contributed by atoms with E-state index < -0.39 is 0 Å². The van der Waals surface area contributed by atoms with E-state index in [4.69, 9.17) is 17.3 Å². The second-order valence-electron chi connectivity index (χ2n) is 5.62. The average molecular weight is 361 g/mol. The van der Waals surface area contributed by atoms with Crippen molar-refractivity contribution in [2.24, 2.45) is 5.73 Å². The Labute approximate surface area is 135 Å². The maximum absolute atomic E-state index is 6.08. The Hall–Kier alpha value is -0.130. The second-order valence-corrected chi connectivity index (χ2v) is 6.91. The third-order valence-corrected chi connectivity index (χ3v) is 4.97. The lowest BCUT2D eigenvalue weighted by Gasteiger charge is -2.35. The molecule has 3 nitrogen and oxygen atoms in total. The van der Waals surface area contributed by atoms with Crippen molar-refractivity contribution in [2.45, 2.75) is 25.4 Å². The lowest BCUT2D eigenvalue weighted by Crippen LogP contribution is -2.43. The fraction of sp³-hybridized carbons (Fsp3) is 0.600. The summed E-state index contributed by atoms with van der Waals surface area (Å²) in [6.07, 6.45) is 1.18. The number of benzene rings is 1. The SMILES string of the molecule is CC1CN(C)CCCN1C(CN)c1ccc(Cl)cc1Br. The van der Waals surface area contributed by atoms with Crippen LogP contribution in [0.5, 0.6) is 0 Å². The first-order valence-corrected chi connectivity index (χ1v) is 8.29. The maximum atomic E-state index is 6.08. The normalized spacial score (nSPS) is 23.6. The van der Waals surface area contributed by atoms with Crippen molar-refractivity contribution < 1.29 is 0 Å². The lowest BCUT2D eigenvalue weighted by atomic mass is 10.0. The highest BCUT2D eigenvalue weighted by Gasteiger charge is 2.27. The molecule has 1 aromatic rings. The Balaban J connectivity index is 2.26. The minimum Gasteiger partial charge on any atom is -0.329 e. The summed E-state index contributed by atoms with van der Waals surface area (Å²) in [5.74, 6) is 0. The van der Waals surface area contributed by atoms with E-state index in [9.17, 15) is 0 Å². The third kappa shape index (κ3) is 3.74. The van der Waals surface area contributed by atoms with E-state index in [0.29, 0.717) is 12.6 Å². The molecule has 1 aliphatic heterocycles. The lowest BCUT2D eigenvalue weighted by molar-refractivity contribution is 0.146. The highest BCUT2D eigenvalue weighted by molar-refractivity contribution is 9.10. The molecule has 5 heteroatoms. The Morgan fingerprint density at radius 2 is 2.20 bits per heavy atom. The van der Waals surface area contributed by atoms with Crippen LogP contribution in [0.2, 0.25) is 5.02 Å². The molecule has 112 valence electrons. The van der Waals surface area contributed by atoms with Crippen LogP contribution in [-0.4, -0.2) is 49.1 Å². The molecule has 0 spiro atoms. The van der Waals surface area contributed by atoms with Crippen molar-refractivity contribution in [3.05, 3.63) is 33.3 Å². The number of hydrogen-bond donors (Lipinski definition) is 1. The molecule has 1 heterocycles. The molecule has 0 radical (unpaired) electrons. The number of halogens is 2. The molecule has 0 bridgehead atoms. The van der Waals surface area contributed by atoms with Crippen LogP contribution in [0.3, 0.4) is 0 Å². The molecule has 2 atom stereocenters. The molecule has 2 rings (SSSR count). The molecule has 2 N–H and O–H groups in total. The van der Waals surface area contributed by atoms with Gasteiger partial charge in [-0.05, 0) is 44.6 Å². The zero-order valence-corrected chi connectivity index (χ0v) is 14.5. The van der Waals surface area contributed by atoms with Crippen LogP contribution in [0.4, 0.5) is 0 Å². The van der Waals surface area contributed by atoms with Gasteiger partial charge in [-0.15, -0.1) is 0 Å². The van der Waals surface area contributed by atoms with Gasteiger partial charge in [0.05, 0.1) is 0 Å². The van der Waals surface area contributed by atoms with Gasteiger partial charge in [0.15, 0.2) is 0 Å². The first-order valence-electron chi connectivity index (χ1n) is 7.12. The van der Waals surface area contributed by atoms with E-state index in [-0.39, 0.29) is 6.04 Å². The van der Waals surface area contributed by atoms with Crippen LogP contribution in [0.15, 0.2) is 22.7 Å². The monoisotopic (exact) mass is 359 g/mol. The summed E-state index contributed by atoms with van der Waals surface area (Å²) < 4.78 is 1.05. The third-order valence-electron chi connectivity index (χ3n) is 4.04. The smallest absolute Gasteiger partial charge is 0.0485 e. The molecular weight excluding hydrogens is 338 g/mol. The topological polar surface area (TPSA) is 32.5 Å². The standard InChI is InChI=1S/C15H23BrClN3/c1-11-10-19(2)6-3-7-20(11)15(9-18)13-5-4-12(17)8-14(13)16/h4-5,8,11,15H,3,6-7,9-10,18H2,1-2H3. The van der Waals surface area contributed by atoms with E-state index in [2.05, 4.69) is 45.8 Å². The highest BCUT2D eigenvalue weighted by Crippen LogP contribution is 2.31. The minimum absolute atomic E-state index is 0.239. The van der Waals surface area contributed by atoms with Crippen LogP contribution in [0, 0.1) is 0 Å². The van der Waals surface area contributed by atoms with Crippen molar-refractivity contribution in [3.63, 3.8) is 0 Å². The maximum Gasteiger partial charge on any atom is 0.0485 e. The van der Waals surface area contributed by atoms with Gasteiger partial charge in [-0.1, -0.05) is 33.6 Å². The van der Waals surface area contributed by atoms with Gasteiger partial charge in [0, 0.05) is 41.2 Å². The summed E-state index contributed by atoms with van der Waals surface area (Å²) in [7, 11) is 2.19. The van der Waals surface area contributed by atoms with Gasteiger partial charge in [0.25, 0.3) is 0 Å². The molecule has 0 saturated carbocycles. The predicted octanol–water partition coefficient (Wildman–Crippen LogP) is 3.13. The van der Waals surface area contributed by atoms with Crippen molar-refractivity contribution in [1.29, 1.82) is 0 Å². The molecule has 20 heavy (non-hydrogen) atoms. The summed E-state index contributed by atoms with van der Waals surface area (Å²) in [5, 5.41) is 0.750. The van der Waals surface area contributed by atoms with Crippen LogP contribution in [0.25, 0.3) is 0 Å². The molecular formula is C15H23BrClN3. The van der Waals surface area contributed by atoms with Gasteiger partial charge in [-0.3, -0.25) is 4.90 Å². The average Bonchev–Trinajstić information content (AvgIpc) is 2.54. The van der Waals surface area contributed by atoms with Crippen molar-refractivity contribution in [2.75, 3.05) is 33.2 Å². The van der Waals surface area contributed by atoms with Gasteiger partial charge in [-0.25, -0.2) is 0 Å². The second kappa shape index (κ2) is 7.23. The van der Waals surface area contributed by atoms with Gasteiger partial charge >= 0.3 is 0 Å². The molecule has 0 amide bonds. The summed E-state index contributed by atoms with van der Waals surface area (Å²) >= 11 is 9.67. The van der Waals surface area contributed by atoms with E-state index >= 15 is 0 Å². The van der Waals surface area contributed by atoms with Crippen LogP contribution < -0.4 is 5.73 Å². The zero-order chi connectivity index (χ0) is 14.7. The molecule has 0 aliphatic carbocycles. The van der Waals surface area contributed by atoms with Crippen LogP contribution in [-0.2, 0) is 0 Å². The summed E-state index contributed by atoms with van der Waals surface area (Å²) in [5.41, 5.74) is 7.31. The molecule has 1 aliphatic rings. The zero-order valence-electron chi connectivity index (χ0n) is 12.1. The first-order chi connectivity index (χ1) is 9.52. The number of likely N-dealkylation sites (N-methyl/N-ethyl adjacent to an activating group) is 1. The molecule has 1 fully saturated rings. The van der Waals surface area contributed by atoms with E-state index in [0.717, 1.165) is 29.1 Å². The van der Waals surface area contributed by atoms with Crippen LogP contribution >= 0.6 is 27.5 Å². The molecule has 1 saturated heterocycles. The Kier molecular flexibility index (Phi) is 5.87. The van der Waals surface area contributed by atoms with Gasteiger partial charge in [-0.2, -0.15) is 0 Å². The van der Waals surface area contributed by atoms with Gasteiger partial charge in [0.1, 0.15) is 0 Å². The molecule has 1 aromatic carbocycles. The predicted molar refractivity (Wildman–Crippen MR) is 89.2 cm³/mol. The fourth-order valence-corrected chi connectivity index (χ4v) is 4.01. The number of rotatable bonds is 3. The van der Waals surface area contributed by atoms with Crippen molar-refractivity contribution in [1.82, 2.24) is 9.80 Å². The number of hydrogen-bond acceptors (Lipinski definition) is 3. The quantitative estimate of drug-likeness (QED) is 0.899. The van der Waals surface area contributed by atoms with Gasteiger partial charge < -0.3 is 10.6 Å². The minimum atomic E-state index is 0.239. The van der Waals surface area contributed by atoms with Crippen LogP contribution in [0.1, 0.15) is 24.9 Å². The van der Waals surface area contributed by atoms with Crippen molar-refractivity contribution in [3.8, 4) is 0 Å². The van der Waals surface area contributed by atoms with E-state index in [1.807, 2.05) is 12.1 Å². The van der Waals surface area contributed by atoms with E-state index in [1.54, 1.807) is 0 Å². The molecule has 0 aromatic heterocycles. The number of nitrogens with two attached hydrogens (primary N) is 1. The summed E-state index contributed by atoms with van der Waals surface area (Å²) in [6, 6.07) is 6.72. The van der Waals surface area contributed by atoms with E-state index in [1.165, 1.54) is 12.0 Å². The Morgan fingerprint density at radius 3 is 2.85 bits per heavy atom. The highest BCUT2D eigenvalue weighted by atomic mass is 79.9.